The van der Waals surface area contributed by atoms with Crippen LogP contribution in [0.4, 0.5) is 0 Å². The highest BCUT2D eigenvalue weighted by Crippen LogP contribution is 2.27. The van der Waals surface area contributed by atoms with Gasteiger partial charge in [-0.1, -0.05) is 49.7 Å². The topological polar surface area (TPSA) is 88.2 Å². The van der Waals surface area contributed by atoms with Crippen LogP contribution in [0.5, 0.6) is 0 Å². The molecule has 0 spiro atoms. The molecule has 0 atom stereocenters. The first-order valence-electron chi connectivity index (χ1n) is 8.99. The SMILES string of the molecule is CCCc1ccc(CN(C(=N)Br)C(=N)CC(C)(C)C(=O)O)c2ccccc12. The molecule has 144 valence electrons. The van der Waals surface area contributed by atoms with Gasteiger partial charge >= 0.3 is 5.97 Å². The third-order valence-electron chi connectivity index (χ3n) is 4.70. The van der Waals surface area contributed by atoms with E-state index in [-0.39, 0.29) is 17.0 Å². The van der Waals surface area contributed by atoms with Gasteiger partial charge in [0.05, 0.1) is 12.0 Å². The van der Waals surface area contributed by atoms with Crippen LogP contribution < -0.4 is 0 Å². The van der Waals surface area contributed by atoms with Crippen molar-refractivity contribution in [3.8, 4) is 0 Å². The van der Waals surface area contributed by atoms with E-state index in [0.29, 0.717) is 6.54 Å². The molecule has 2 aromatic rings. The quantitative estimate of drug-likeness (QED) is 0.311. The van der Waals surface area contributed by atoms with E-state index in [9.17, 15) is 9.90 Å². The van der Waals surface area contributed by atoms with Crippen molar-refractivity contribution in [2.24, 2.45) is 5.41 Å². The fraction of sp³-hybridized carbons (Fsp3) is 0.381. The van der Waals surface area contributed by atoms with Gasteiger partial charge in [-0.2, -0.15) is 0 Å². The van der Waals surface area contributed by atoms with Crippen LogP contribution >= 0.6 is 15.9 Å². The molecule has 0 saturated carbocycles. The number of halogens is 1. The van der Waals surface area contributed by atoms with Gasteiger partial charge in [0.25, 0.3) is 0 Å². The van der Waals surface area contributed by atoms with E-state index in [1.165, 1.54) is 15.8 Å². The summed E-state index contributed by atoms with van der Waals surface area (Å²) in [5.74, 6) is -0.853. The first-order valence-corrected chi connectivity index (χ1v) is 9.78. The Labute approximate surface area is 168 Å². The van der Waals surface area contributed by atoms with Crippen LogP contribution in [0.25, 0.3) is 10.8 Å². The maximum Gasteiger partial charge on any atom is 0.309 e. The smallest absolute Gasteiger partial charge is 0.309 e. The lowest BCUT2D eigenvalue weighted by Crippen LogP contribution is -2.37. The van der Waals surface area contributed by atoms with Crippen molar-refractivity contribution in [1.29, 1.82) is 10.8 Å². The van der Waals surface area contributed by atoms with Crippen LogP contribution in [-0.4, -0.2) is 26.6 Å². The first kappa shape index (κ1) is 21.1. The van der Waals surface area contributed by atoms with Crippen molar-refractivity contribution in [2.45, 2.75) is 46.6 Å². The number of carboxylic acids is 1. The Bertz CT molecular complexity index is 877. The molecular formula is C21H26BrN3O2. The standard InChI is InChI=1S/C21H26BrN3O2/c1-4-7-14-10-11-15(17-9-6-5-8-16(14)17)13-25(20(22)24)18(23)12-21(2,3)19(26)27/h5-6,8-11,23-24H,4,7,12-13H2,1-3H3,(H,26,27). The summed E-state index contributed by atoms with van der Waals surface area (Å²) in [4.78, 5) is 12.9. The van der Waals surface area contributed by atoms with Gasteiger partial charge in [-0.3, -0.25) is 15.6 Å². The van der Waals surface area contributed by atoms with E-state index in [1.54, 1.807) is 13.8 Å². The zero-order valence-corrected chi connectivity index (χ0v) is 17.6. The first-order chi connectivity index (χ1) is 12.7. The van der Waals surface area contributed by atoms with E-state index in [0.717, 1.165) is 23.8 Å². The fourth-order valence-electron chi connectivity index (χ4n) is 3.09. The number of nitrogens with one attached hydrogen (secondary N) is 2. The summed E-state index contributed by atoms with van der Waals surface area (Å²) in [5, 5.41) is 28.0. The number of hydrogen-bond acceptors (Lipinski definition) is 3. The average Bonchev–Trinajstić information content (AvgIpc) is 2.60. The average molecular weight is 432 g/mol. The molecule has 0 saturated heterocycles. The molecule has 0 unspecified atom stereocenters. The summed E-state index contributed by atoms with van der Waals surface area (Å²) < 4.78 is 0.0513. The highest BCUT2D eigenvalue weighted by molar-refractivity contribution is 9.18. The van der Waals surface area contributed by atoms with Gasteiger partial charge < -0.3 is 10.0 Å². The molecule has 0 fully saturated rings. The normalized spacial score (nSPS) is 11.4. The van der Waals surface area contributed by atoms with Crippen molar-refractivity contribution in [3.63, 3.8) is 0 Å². The zero-order chi connectivity index (χ0) is 20.2. The van der Waals surface area contributed by atoms with E-state index in [2.05, 4.69) is 41.1 Å². The number of hydrogen-bond donors (Lipinski definition) is 3. The van der Waals surface area contributed by atoms with Crippen molar-refractivity contribution in [3.05, 3.63) is 47.5 Å². The Morgan fingerprint density at radius 3 is 2.19 bits per heavy atom. The van der Waals surface area contributed by atoms with Crippen LogP contribution in [0.2, 0.25) is 0 Å². The Balaban J connectivity index is 2.37. The third-order valence-corrected chi connectivity index (χ3v) is 5.13. The van der Waals surface area contributed by atoms with E-state index in [4.69, 9.17) is 10.8 Å². The van der Waals surface area contributed by atoms with Crippen molar-refractivity contribution >= 4 is 43.3 Å². The summed E-state index contributed by atoms with van der Waals surface area (Å²) >= 11 is 3.17. The van der Waals surface area contributed by atoms with Gasteiger partial charge in [0.2, 0.25) is 0 Å². The van der Waals surface area contributed by atoms with Gasteiger partial charge in [0.15, 0.2) is 4.74 Å². The second kappa shape index (κ2) is 8.65. The maximum atomic E-state index is 11.4. The number of amidine groups is 2. The molecule has 3 N–H and O–H groups in total. The molecule has 0 amide bonds. The van der Waals surface area contributed by atoms with E-state index in [1.807, 2.05) is 18.2 Å². The van der Waals surface area contributed by atoms with Gasteiger partial charge in [-0.15, -0.1) is 0 Å². The molecule has 5 nitrogen and oxygen atoms in total. The van der Waals surface area contributed by atoms with Gasteiger partial charge in [-0.05, 0) is 58.1 Å². The molecular weight excluding hydrogens is 406 g/mol. The van der Waals surface area contributed by atoms with Crippen molar-refractivity contribution in [2.75, 3.05) is 0 Å². The van der Waals surface area contributed by atoms with E-state index < -0.39 is 11.4 Å². The zero-order valence-electron chi connectivity index (χ0n) is 16.0. The molecule has 2 rings (SSSR count). The summed E-state index contributed by atoms with van der Waals surface area (Å²) in [6, 6.07) is 12.3. The Hall–Kier alpha value is -2.21. The second-order valence-electron chi connectivity index (χ2n) is 7.37. The lowest BCUT2D eigenvalue weighted by Gasteiger charge is -2.28. The third kappa shape index (κ3) is 4.95. The molecule has 0 aliphatic rings. The Kier molecular flexibility index (Phi) is 6.76. The lowest BCUT2D eigenvalue weighted by atomic mass is 9.88. The fourth-order valence-corrected chi connectivity index (χ4v) is 3.43. The summed E-state index contributed by atoms with van der Waals surface area (Å²) in [6.07, 6.45) is 2.11. The number of carbonyl (C=O) groups is 1. The Morgan fingerprint density at radius 2 is 1.67 bits per heavy atom. The predicted octanol–water partition coefficient (Wildman–Crippen LogP) is 5.40. The largest absolute Gasteiger partial charge is 0.481 e. The number of fused-ring (bicyclic) bond motifs is 1. The summed E-state index contributed by atoms with van der Waals surface area (Å²) in [7, 11) is 0. The van der Waals surface area contributed by atoms with Crippen LogP contribution in [0.15, 0.2) is 36.4 Å². The molecule has 6 heteroatoms. The molecule has 0 bridgehead atoms. The number of aryl methyl sites for hydroxylation is 1. The molecule has 0 aromatic heterocycles. The van der Waals surface area contributed by atoms with Crippen molar-refractivity contribution < 1.29 is 9.90 Å². The number of carboxylic acid groups (broad SMARTS) is 1. The van der Waals surface area contributed by atoms with Gasteiger partial charge in [0, 0.05) is 6.42 Å². The summed E-state index contributed by atoms with van der Waals surface area (Å²) in [5.41, 5.74) is 1.23. The minimum absolute atomic E-state index is 0.0438. The van der Waals surface area contributed by atoms with Gasteiger partial charge in [0.1, 0.15) is 5.84 Å². The van der Waals surface area contributed by atoms with Crippen LogP contribution in [0, 0.1) is 16.2 Å². The Morgan fingerprint density at radius 1 is 1.11 bits per heavy atom. The maximum absolute atomic E-state index is 11.4. The number of rotatable bonds is 7. The minimum Gasteiger partial charge on any atom is -0.481 e. The number of benzene rings is 2. The van der Waals surface area contributed by atoms with Crippen molar-refractivity contribution in [1.82, 2.24) is 4.90 Å². The van der Waals surface area contributed by atoms with E-state index >= 15 is 0 Å². The predicted molar refractivity (Wildman–Crippen MR) is 114 cm³/mol. The number of aliphatic carboxylic acids is 1. The highest BCUT2D eigenvalue weighted by atomic mass is 79.9. The molecule has 2 aromatic carbocycles. The highest BCUT2D eigenvalue weighted by Gasteiger charge is 2.31. The monoisotopic (exact) mass is 431 g/mol. The van der Waals surface area contributed by atoms with Gasteiger partial charge in [-0.25, -0.2) is 0 Å². The molecule has 0 radical (unpaired) electrons. The molecule has 0 aliphatic carbocycles. The molecule has 0 heterocycles. The molecule has 0 aliphatic heterocycles. The number of nitrogens with zero attached hydrogens (tertiary/aromatic N) is 1. The second-order valence-corrected chi connectivity index (χ2v) is 8.12. The lowest BCUT2D eigenvalue weighted by molar-refractivity contribution is -0.146. The van der Waals surface area contributed by atoms with Crippen LogP contribution in [-0.2, 0) is 17.8 Å². The van der Waals surface area contributed by atoms with Crippen LogP contribution in [0.3, 0.4) is 0 Å². The van der Waals surface area contributed by atoms with Crippen LogP contribution in [0.1, 0.15) is 44.7 Å². The summed E-state index contributed by atoms with van der Waals surface area (Å²) in [6.45, 7) is 5.68. The molecule has 27 heavy (non-hydrogen) atoms. The minimum atomic E-state index is -1.06.